The maximum absolute atomic E-state index is 6.61. The monoisotopic (exact) mass is 217 g/mol. The molecular weight excluding hydrogens is 194 g/mol. The maximum Gasteiger partial charge on any atom is 0.0414 e. The van der Waals surface area contributed by atoms with Crippen LogP contribution < -0.4 is 5.73 Å². The van der Waals surface area contributed by atoms with Crippen molar-refractivity contribution in [2.45, 2.75) is 52.0 Å². The molecule has 0 bridgehead atoms. The summed E-state index contributed by atoms with van der Waals surface area (Å²) in [6.45, 7) is 6.79. The molecule has 0 amide bonds. The van der Waals surface area contributed by atoms with Crippen LogP contribution in [0.2, 0.25) is 0 Å². The van der Waals surface area contributed by atoms with Crippen molar-refractivity contribution in [2.75, 3.05) is 0 Å². The molecular formula is C15H23N. The van der Waals surface area contributed by atoms with E-state index in [1.807, 2.05) is 0 Å². The topological polar surface area (TPSA) is 26.0 Å². The van der Waals surface area contributed by atoms with E-state index in [9.17, 15) is 0 Å². The van der Waals surface area contributed by atoms with Gasteiger partial charge in [0.1, 0.15) is 0 Å². The summed E-state index contributed by atoms with van der Waals surface area (Å²) in [5.74, 6) is 0. The first kappa shape index (κ1) is 11.7. The van der Waals surface area contributed by atoms with Gasteiger partial charge in [-0.25, -0.2) is 0 Å². The minimum Gasteiger partial charge on any atom is -0.321 e. The average molecular weight is 217 g/mol. The Labute approximate surface area is 99.0 Å². The predicted octanol–water partition coefficient (Wildman–Crippen LogP) is 3.75. The number of aryl methyl sites for hydroxylation is 1. The van der Waals surface area contributed by atoms with Gasteiger partial charge in [-0.05, 0) is 37.2 Å². The van der Waals surface area contributed by atoms with Crippen molar-refractivity contribution in [3.8, 4) is 0 Å². The van der Waals surface area contributed by atoms with Crippen LogP contribution in [0.15, 0.2) is 24.3 Å². The molecule has 0 spiro atoms. The lowest BCUT2D eigenvalue weighted by molar-refractivity contribution is 0.151. The van der Waals surface area contributed by atoms with Crippen LogP contribution in [0.1, 0.15) is 50.7 Å². The van der Waals surface area contributed by atoms with Gasteiger partial charge in [-0.1, -0.05) is 50.1 Å². The van der Waals surface area contributed by atoms with Gasteiger partial charge in [0.2, 0.25) is 0 Å². The molecule has 1 aliphatic rings. The summed E-state index contributed by atoms with van der Waals surface area (Å²) in [7, 11) is 0. The van der Waals surface area contributed by atoms with E-state index in [0.717, 1.165) is 12.8 Å². The fraction of sp³-hybridized carbons (Fsp3) is 0.600. The highest BCUT2D eigenvalue weighted by molar-refractivity contribution is 5.28. The third kappa shape index (κ3) is 2.30. The normalized spacial score (nSPS) is 29.0. The molecule has 1 atom stereocenters. The molecule has 1 aromatic carbocycles. The zero-order valence-electron chi connectivity index (χ0n) is 10.7. The van der Waals surface area contributed by atoms with Gasteiger partial charge >= 0.3 is 0 Å². The highest BCUT2D eigenvalue weighted by Crippen LogP contribution is 2.44. The van der Waals surface area contributed by atoms with Gasteiger partial charge in [-0.15, -0.1) is 0 Å². The smallest absolute Gasteiger partial charge is 0.0414 e. The predicted molar refractivity (Wildman–Crippen MR) is 69.3 cm³/mol. The number of nitrogens with two attached hydrogens (primary N) is 1. The van der Waals surface area contributed by atoms with E-state index in [0.29, 0.717) is 5.41 Å². The summed E-state index contributed by atoms with van der Waals surface area (Å²) < 4.78 is 0. The van der Waals surface area contributed by atoms with Crippen LogP contribution in [0.3, 0.4) is 0 Å². The van der Waals surface area contributed by atoms with Gasteiger partial charge in [0.15, 0.2) is 0 Å². The summed E-state index contributed by atoms with van der Waals surface area (Å²) in [5, 5.41) is 0. The first-order chi connectivity index (χ1) is 7.41. The van der Waals surface area contributed by atoms with Gasteiger partial charge in [-0.2, -0.15) is 0 Å². The van der Waals surface area contributed by atoms with Gasteiger partial charge in [-0.3, -0.25) is 0 Å². The SMILES string of the molecule is Cc1ccc(C2(N)CCCC(C)(C)C2)cc1. The summed E-state index contributed by atoms with van der Waals surface area (Å²) >= 11 is 0. The molecule has 2 N–H and O–H groups in total. The summed E-state index contributed by atoms with van der Waals surface area (Å²) in [4.78, 5) is 0. The quantitative estimate of drug-likeness (QED) is 0.761. The van der Waals surface area contributed by atoms with E-state index in [1.54, 1.807) is 0 Å². The molecule has 0 radical (unpaired) electrons. The Hall–Kier alpha value is -0.820. The van der Waals surface area contributed by atoms with E-state index < -0.39 is 0 Å². The van der Waals surface area contributed by atoms with Gasteiger partial charge < -0.3 is 5.73 Å². The molecule has 0 aromatic heterocycles. The molecule has 1 heteroatoms. The van der Waals surface area contributed by atoms with Crippen molar-refractivity contribution >= 4 is 0 Å². The molecule has 1 aliphatic carbocycles. The van der Waals surface area contributed by atoms with Crippen LogP contribution in [0, 0.1) is 12.3 Å². The van der Waals surface area contributed by atoms with E-state index in [2.05, 4.69) is 45.0 Å². The van der Waals surface area contributed by atoms with Crippen molar-refractivity contribution < 1.29 is 0 Å². The van der Waals surface area contributed by atoms with Crippen molar-refractivity contribution in [3.05, 3.63) is 35.4 Å². The van der Waals surface area contributed by atoms with Crippen LogP contribution in [0.25, 0.3) is 0 Å². The van der Waals surface area contributed by atoms with Gasteiger partial charge in [0, 0.05) is 5.54 Å². The van der Waals surface area contributed by atoms with Crippen molar-refractivity contribution in [3.63, 3.8) is 0 Å². The number of hydrogen-bond donors (Lipinski definition) is 1. The molecule has 1 saturated carbocycles. The Balaban J connectivity index is 2.27. The van der Waals surface area contributed by atoms with Crippen molar-refractivity contribution in [1.29, 1.82) is 0 Å². The Morgan fingerprint density at radius 2 is 1.69 bits per heavy atom. The fourth-order valence-electron chi connectivity index (χ4n) is 3.05. The summed E-state index contributed by atoms with van der Waals surface area (Å²) in [6, 6.07) is 8.75. The Morgan fingerprint density at radius 3 is 2.25 bits per heavy atom. The van der Waals surface area contributed by atoms with E-state index in [-0.39, 0.29) is 5.54 Å². The van der Waals surface area contributed by atoms with Crippen molar-refractivity contribution in [2.24, 2.45) is 11.1 Å². The number of rotatable bonds is 1. The van der Waals surface area contributed by atoms with Crippen LogP contribution in [0.4, 0.5) is 0 Å². The first-order valence-electron chi connectivity index (χ1n) is 6.27. The van der Waals surface area contributed by atoms with Crippen molar-refractivity contribution in [1.82, 2.24) is 0 Å². The standard InChI is InChI=1S/C15H23N/c1-12-5-7-13(8-6-12)15(16)10-4-9-14(2,3)11-15/h5-8H,4,9-11,16H2,1-3H3. The minimum atomic E-state index is -0.102. The van der Waals surface area contributed by atoms with E-state index in [1.165, 1.54) is 24.0 Å². The number of benzene rings is 1. The third-order valence-electron chi connectivity index (χ3n) is 3.90. The molecule has 16 heavy (non-hydrogen) atoms. The van der Waals surface area contributed by atoms with E-state index in [4.69, 9.17) is 5.73 Å². The highest BCUT2D eigenvalue weighted by atomic mass is 14.8. The molecule has 88 valence electrons. The summed E-state index contributed by atoms with van der Waals surface area (Å²) in [6.07, 6.45) is 4.78. The molecule has 1 unspecified atom stereocenters. The molecule has 2 rings (SSSR count). The zero-order valence-corrected chi connectivity index (χ0v) is 10.7. The highest BCUT2D eigenvalue weighted by Gasteiger charge is 2.37. The third-order valence-corrected chi connectivity index (χ3v) is 3.90. The molecule has 0 aliphatic heterocycles. The minimum absolute atomic E-state index is 0.102. The van der Waals surface area contributed by atoms with Crippen LogP contribution in [-0.4, -0.2) is 0 Å². The number of hydrogen-bond acceptors (Lipinski definition) is 1. The van der Waals surface area contributed by atoms with E-state index >= 15 is 0 Å². The van der Waals surface area contributed by atoms with Crippen LogP contribution >= 0.6 is 0 Å². The Morgan fingerprint density at radius 1 is 1.06 bits per heavy atom. The Bertz CT molecular complexity index is 364. The molecule has 1 fully saturated rings. The average Bonchev–Trinajstić information content (AvgIpc) is 2.16. The van der Waals surface area contributed by atoms with Crippen LogP contribution in [-0.2, 0) is 5.54 Å². The summed E-state index contributed by atoms with van der Waals surface area (Å²) in [5.41, 5.74) is 9.51. The largest absolute Gasteiger partial charge is 0.321 e. The second-order valence-electron chi connectivity index (χ2n) is 6.22. The molecule has 0 saturated heterocycles. The molecule has 1 aromatic rings. The first-order valence-corrected chi connectivity index (χ1v) is 6.27. The fourth-order valence-corrected chi connectivity index (χ4v) is 3.05. The van der Waals surface area contributed by atoms with Crippen LogP contribution in [0.5, 0.6) is 0 Å². The molecule has 1 nitrogen and oxygen atoms in total. The maximum atomic E-state index is 6.61. The lowest BCUT2D eigenvalue weighted by Crippen LogP contribution is -2.44. The zero-order chi connectivity index (χ0) is 11.8. The molecule has 0 heterocycles. The van der Waals surface area contributed by atoms with Gasteiger partial charge in [0.05, 0.1) is 0 Å². The second-order valence-corrected chi connectivity index (χ2v) is 6.22. The Kier molecular flexibility index (Phi) is 2.83. The second kappa shape index (κ2) is 3.89. The lowest BCUT2D eigenvalue weighted by atomic mass is 9.66. The van der Waals surface area contributed by atoms with Gasteiger partial charge in [0.25, 0.3) is 0 Å². The lowest BCUT2D eigenvalue weighted by Gasteiger charge is -2.43.